The summed E-state index contributed by atoms with van der Waals surface area (Å²) in [5, 5.41) is 3.78. The van der Waals surface area contributed by atoms with E-state index in [0.29, 0.717) is 5.92 Å². The molecule has 0 amide bonds. The van der Waals surface area contributed by atoms with Crippen molar-refractivity contribution in [1.82, 2.24) is 15.0 Å². The quantitative estimate of drug-likeness (QED) is 0.130. The standard InChI is InChI=1S/C76H53N3S/c1-49(2)59-23-15-26-74-67(59)40-41-73(79-74)55-37-38-66(70(47-55)54-36-39-69-68-22-9-10-27-75(68)80-76(69)48-54)65-21-8-7-20-64(65)58-45-56(62-18-5-3-16-60(62)50-28-32-52(33-29-50)71-24-11-13-42-77-71)44-57(46-58)63-19-6-4-17-61(63)51-30-34-53(35-31-51)72-25-12-14-43-78-72/h3-49H,1-2H3. The summed E-state index contributed by atoms with van der Waals surface area (Å²) < 4.78 is 2.56. The second kappa shape index (κ2) is 20.8. The van der Waals surface area contributed by atoms with E-state index >= 15 is 0 Å². The van der Waals surface area contributed by atoms with Crippen LogP contribution in [0.3, 0.4) is 0 Å². The molecule has 4 heteroatoms. The van der Waals surface area contributed by atoms with E-state index in [1.165, 1.54) is 36.7 Å². The van der Waals surface area contributed by atoms with E-state index in [2.05, 4.69) is 266 Å². The number of pyridine rings is 3. The molecule has 378 valence electrons. The fraction of sp³-hybridized carbons (Fsp3) is 0.0395. The van der Waals surface area contributed by atoms with Gasteiger partial charge in [0.05, 0.1) is 22.6 Å². The summed E-state index contributed by atoms with van der Waals surface area (Å²) in [7, 11) is 0. The van der Waals surface area contributed by atoms with Gasteiger partial charge in [-0.1, -0.05) is 208 Å². The van der Waals surface area contributed by atoms with Gasteiger partial charge in [-0.3, -0.25) is 9.97 Å². The first-order valence-electron chi connectivity index (χ1n) is 27.4. The average Bonchev–Trinajstić information content (AvgIpc) is 3.92. The van der Waals surface area contributed by atoms with Gasteiger partial charge in [-0.2, -0.15) is 0 Å². The maximum atomic E-state index is 5.34. The third-order valence-corrected chi connectivity index (χ3v) is 16.8. The molecule has 0 aliphatic carbocycles. The Morgan fingerprint density at radius 1 is 0.275 bits per heavy atom. The van der Waals surface area contributed by atoms with Crippen molar-refractivity contribution in [2.75, 3.05) is 0 Å². The van der Waals surface area contributed by atoms with Crippen LogP contribution in [0.15, 0.2) is 279 Å². The first-order valence-corrected chi connectivity index (χ1v) is 28.2. The van der Waals surface area contributed by atoms with Gasteiger partial charge in [0.25, 0.3) is 0 Å². The number of hydrogen-bond donors (Lipinski definition) is 0. The van der Waals surface area contributed by atoms with Gasteiger partial charge in [-0.25, -0.2) is 4.98 Å². The molecule has 0 aliphatic heterocycles. The van der Waals surface area contributed by atoms with Crippen molar-refractivity contribution >= 4 is 42.4 Å². The number of nitrogens with zero attached hydrogens (tertiary/aromatic N) is 3. The molecule has 0 saturated heterocycles. The molecule has 0 bridgehead atoms. The number of fused-ring (bicyclic) bond motifs is 4. The van der Waals surface area contributed by atoms with Crippen LogP contribution in [-0.2, 0) is 0 Å². The van der Waals surface area contributed by atoms with Crippen LogP contribution >= 0.6 is 11.3 Å². The van der Waals surface area contributed by atoms with Crippen molar-refractivity contribution in [1.29, 1.82) is 0 Å². The minimum absolute atomic E-state index is 0.397. The van der Waals surface area contributed by atoms with Crippen LogP contribution in [0.1, 0.15) is 25.3 Å². The summed E-state index contributed by atoms with van der Waals surface area (Å²) in [6.45, 7) is 4.50. The van der Waals surface area contributed by atoms with Crippen LogP contribution in [0.4, 0.5) is 0 Å². The molecule has 4 heterocycles. The second-order valence-corrected chi connectivity index (χ2v) is 21.9. The van der Waals surface area contributed by atoms with Crippen LogP contribution < -0.4 is 0 Å². The van der Waals surface area contributed by atoms with Crippen LogP contribution in [0.25, 0.3) is 143 Å². The van der Waals surface area contributed by atoms with E-state index in [9.17, 15) is 0 Å². The minimum atomic E-state index is 0.397. The van der Waals surface area contributed by atoms with Crippen molar-refractivity contribution in [2.45, 2.75) is 19.8 Å². The molecule has 14 rings (SSSR count). The van der Waals surface area contributed by atoms with Crippen molar-refractivity contribution in [3.05, 3.63) is 285 Å². The molecular weight excluding hydrogens is 987 g/mol. The van der Waals surface area contributed by atoms with E-state index in [1.807, 2.05) is 48.0 Å². The van der Waals surface area contributed by atoms with Gasteiger partial charge in [0.2, 0.25) is 0 Å². The highest BCUT2D eigenvalue weighted by Gasteiger charge is 2.20. The molecule has 4 aromatic heterocycles. The van der Waals surface area contributed by atoms with Crippen molar-refractivity contribution < 1.29 is 0 Å². The fourth-order valence-corrected chi connectivity index (χ4v) is 12.8. The van der Waals surface area contributed by atoms with Crippen molar-refractivity contribution in [2.24, 2.45) is 0 Å². The van der Waals surface area contributed by atoms with E-state index < -0.39 is 0 Å². The third kappa shape index (κ3) is 9.15. The Morgan fingerprint density at radius 2 is 0.738 bits per heavy atom. The molecule has 0 unspecified atom stereocenters. The first kappa shape index (κ1) is 48.5. The largest absolute Gasteiger partial charge is 0.256 e. The number of aromatic nitrogens is 3. The lowest BCUT2D eigenvalue weighted by molar-refractivity contribution is 0.876. The summed E-state index contributed by atoms with van der Waals surface area (Å²) >= 11 is 1.86. The van der Waals surface area contributed by atoms with Crippen LogP contribution in [0.2, 0.25) is 0 Å². The molecule has 0 atom stereocenters. The lowest BCUT2D eigenvalue weighted by Crippen LogP contribution is -1.94. The maximum Gasteiger partial charge on any atom is 0.0712 e. The number of hydrogen-bond acceptors (Lipinski definition) is 4. The summed E-state index contributed by atoms with van der Waals surface area (Å²) in [6, 6.07) is 97.2. The van der Waals surface area contributed by atoms with Crippen LogP contribution in [0.5, 0.6) is 0 Å². The van der Waals surface area contributed by atoms with E-state index in [1.54, 1.807) is 0 Å². The Morgan fingerprint density at radius 3 is 1.31 bits per heavy atom. The second-order valence-electron chi connectivity index (χ2n) is 20.9. The van der Waals surface area contributed by atoms with E-state index in [-0.39, 0.29) is 0 Å². The summed E-state index contributed by atoms with van der Waals surface area (Å²) in [4.78, 5) is 14.6. The maximum absolute atomic E-state index is 5.34. The molecule has 0 aliphatic rings. The highest BCUT2D eigenvalue weighted by atomic mass is 32.1. The molecule has 0 saturated carbocycles. The Hall–Kier alpha value is -9.87. The lowest BCUT2D eigenvalue weighted by atomic mass is 9.84. The Kier molecular flexibility index (Phi) is 12.6. The Labute approximate surface area is 470 Å². The van der Waals surface area contributed by atoms with Gasteiger partial charge >= 0.3 is 0 Å². The lowest BCUT2D eigenvalue weighted by Gasteiger charge is -2.19. The van der Waals surface area contributed by atoms with Crippen LogP contribution in [-0.4, -0.2) is 15.0 Å². The normalized spacial score (nSPS) is 11.5. The highest BCUT2D eigenvalue weighted by molar-refractivity contribution is 7.25. The summed E-state index contributed by atoms with van der Waals surface area (Å²) in [5.74, 6) is 0.397. The number of benzene rings is 10. The van der Waals surface area contributed by atoms with Crippen molar-refractivity contribution in [3.8, 4) is 112 Å². The average molecular weight is 1040 g/mol. The van der Waals surface area contributed by atoms with Gasteiger partial charge in [-0.05, 0) is 162 Å². The molecule has 0 fully saturated rings. The zero-order valence-electron chi connectivity index (χ0n) is 44.4. The van der Waals surface area contributed by atoms with Crippen LogP contribution in [0, 0.1) is 0 Å². The number of rotatable bonds is 11. The van der Waals surface area contributed by atoms with Gasteiger partial charge < -0.3 is 0 Å². The third-order valence-electron chi connectivity index (χ3n) is 15.6. The monoisotopic (exact) mass is 1040 g/mol. The molecular formula is C76H53N3S. The predicted octanol–water partition coefficient (Wildman–Crippen LogP) is 21.2. The molecule has 80 heavy (non-hydrogen) atoms. The number of thiophene rings is 1. The SMILES string of the molecule is CC(C)c1cccc2nc(-c3ccc(-c4ccccc4-c4cc(-c5ccccc5-c5ccc(-c6ccccn6)cc5)cc(-c5ccccc5-c5ccc(-c6ccccn6)cc5)c4)c(-c4ccc5c(c4)sc4ccccc45)c3)ccc12. The zero-order chi connectivity index (χ0) is 53.5. The van der Waals surface area contributed by atoms with Gasteiger partial charge in [0.15, 0.2) is 0 Å². The van der Waals surface area contributed by atoms with E-state index in [0.717, 1.165) is 112 Å². The highest BCUT2D eigenvalue weighted by Crippen LogP contribution is 2.46. The first-order chi connectivity index (χ1) is 39.5. The molecule has 10 aromatic carbocycles. The smallest absolute Gasteiger partial charge is 0.0712 e. The Bertz CT molecular complexity index is 4450. The van der Waals surface area contributed by atoms with Gasteiger partial charge in [0.1, 0.15) is 0 Å². The molecule has 0 N–H and O–H groups in total. The van der Waals surface area contributed by atoms with E-state index in [4.69, 9.17) is 4.98 Å². The molecule has 3 nitrogen and oxygen atoms in total. The van der Waals surface area contributed by atoms with Gasteiger partial charge in [0, 0.05) is 54.6 Å². The fourth-order valence-electron chi connectivity index (χ4n) is 11.7. The topological polar surface area (TPSA) is 38.7 Å². The molecule has 14 aromatic rings. The Balaban J connectivity index is 0.957. The zero-order valence-corrected chi connectivity index (χ0v) is 45.2. The predicted molar refractivity (Wildman–Crippen MR) is 339 cm³/mol. The molecule has 0 radical (unpaired) electrons. The minimum Gasteiger partial charge on any atom is -0.256 e. The van der Waals surface area contributed by atoms with Gasteiger partial charge in [-0.15, -0.1) is 11.3 Å². The molecule has 0 spiro atoms. The summed E-state index contributed by atoms with van der Waals surface area (Å²) in [5.41, 5.74) is 24.5. The summed E-state index contributed by atoms with van der Waals surface area (Å²) in [6.07, 6.45) is 3.70. The van der Waals surface area contributed by atoms with Crippen molar-refractivity contribution in [3.63, 3.8) is 0 Å².